The summed E-state index contributed by atoms with van der Waals surface area (Å²) in [6.07, 6.45) is -2.76. The van der Waals surface area contributed by atoms with Gasteiger partial charge in [0.1, 0.15) is 6.10 Å². The van der Waals surface area contributed by atoms with Crippen molar-refractivity contribution in [2.45, 2.75) is 17.2 Å². The largest absolute Gasteiger partial charge is 0.384 e. The van der Waals surface area contributed by atoms with Crippen molar-refractivity contribution >= 4 is 15.7 Å². The second kappa shape index (κ2) is 4.59. The second-order valence-electron chi connectivity index (χ2n) is 4.53. The number of benzene rings is 2. The fourth-order valence-electron chi connectivity index (χ4n) is 2.35. The molecule has 0 radical (unpaired) electrons. The monoisotopic (exact) mass is 291 g/mol. The van der Waals surface area contributed by atoms with E-state index >= 15 is 0 Å². The molecule has 1 aliphatic heterocycles. The third-order valence-electron chi connectivity index (χ3n) is 3.32. The zero-order valence-electron chi connectivity index (χ0n) is 10.4. The number of aliphatic hydroxyl groups excluding tert-OH is 2. The van der Waals surface area contributed by atoms with Gasteiger partial charge in [-0.15, -0.1) is 0 Å². The summed E-state index contributed by atoms with van der Waals surface area (Å²) in [5.74, 6) is 0. The fourth-order valence-corrected chi connectivity index (χ4v) is 3.90. The van der Waals surface area contributed by atoms with E-state index in [1.165, 1.54) is 12.1 Å². The highest BCUT2D eigenvalue weighted by molar-refractivity contribution is 7.92. The van der Waals surface area contributed by atoms with Crippen LogP contribution in [0.25, 0.3) is 0 Å². The Morgan fingerprint density at radius 2 is 1.50 bits per heavy atom. The number of nitrogens with zero attached hydrogens (tertiary/aromatic N) is 1. The van der Waals surface area contributed by atoms with Gasteiger partial charge in [-0.3, -0.25) is 0 Å². The van der Waals surface area contributed by atoms with E-state index in [0.29, 0.717) is 11.3 Å². The van der Waals surface area contributed by atoms with Gasteiger partial charge in [0.05, 0.1) is 10.6 Å². The second-order valence-corrected chi connectivity index (χ2v) is 6.35. The van der Waals surface area contributed by atoms with E-state index in [4.69, 9.17) is 0 Å². The van der Waals surface area contributed by atoms with Gasteiger partial charge in [0.15, 0.2) is 6.23 Å². The molecule has 2 aromatic rings. The van der Waals surface area contributed by atoms with Crippen molar-refractivity contribution in [3.63, 3.8) is 0 Å². The molecule has 6 heteroatoms. The zero-order valence-corrected chi connectivity index (χ0v) is 11.2. The minimum atomic E-state index is -3.91. The lowest BCUT2D eigenvalue weighted by Gasteiger charge is -2.24. The van der Waals surface area contributed by atoms with Crippen molar-refractivity contribution in [1.29, 1.82) is 0 Å². The van der Waals surface area contributed by atoms with Gasteiger partial charge in [0.2, 0.25) is 0 Å². The summed E-state index contributed by atoms with van der Waals surface area (Å²) < 4.78 is 26.1. The third kappa shape index (κ3) is 1.81. The Morgan fingerprint density at radius 1 is 0.900 bits per heavy atom. The summed E-state index contributed by atoms with van der Waals surface area (Å²) in [5, 5.41) is 20.0. The molecule has 2 atom stereocenters. The van der Waals surface area contributed by atoms with Crippen LogP contribution < -0.4 is 4.31 Å². The van der Waals surface area contributed by atoms with E-state index in [1.807, 2.05) is 0 Å². The van der Waals surface area contributed by atoms with Crippen LogP contribution in [0.4, 0.5) is 5.69 Å². The SMILES string of the molecule is O=S(=O)(c1ccccc1)N1c2ccccc2[C@@H](O)[C@@H]1O. The van der Waals surface area contributed by atoms with Gasteiger partial charge in [-0.25, -0.2) is 12.7 Å². The highest BCUT2D eigenvalue weighted by Gasteiger charge is 2.43. The number of rotatable bonds is 2. The van der Waals surface area contributed by atoms with E-state index in [-0.39, 0.29) is 4.90 Å². The van der Waals surface area contributed by atoms with Crippen molar-refractivity contribution < 1.29 is 18.6 Å². The Bertz CT molecular complexity index is 730. The first-order valence-corrected chi connectivity index (χ1v) is 7.52. The van der Waals surface area contributed by atoms with Crippen molar-refractivity contribution in [3.8, 4) is 0 Å². The molecule has 1 heterocycles. The standard InChI is InChI=1S/C14H13NO4S/c16-13-11-8-4-5-9-12(11)15(14(13)17)20(18,19)10-6-2-1-3-7-10/h1-9,13-14,16-17H/t13-,14+/m1/s1. The quantitative estimate of drug-likeness (QED) is 0.873. The van der Waals surface area contributed by atoms with Crippen LogP contribution in [0.15, 0.2) is 59.5 Å². The summed E-state index contributed by atoms with van der Waals surface area (Å²) in [5.41, 5.74) is 0.704. The predicted octanol–water partition coefficient (Wildman–Crippen LogP) is 1.25. The Morgan fingerprint density at radius 3 is 2.20 bits per heavy atom. The van der Waals surface area contributed by atoms with Crippen LogP contribution in [0.3, 0.4) is 0 Å². The van der Waals surface area contributed by atoms with Gasteiger partial charge in [0.25, 0.3) is 10.0 Å². The Hall–Kier alpha value is -1.89. The molecule has 2 aromatic carbocycles. The molecule has 0 saturated heterocycles. The summed E-state index contributed by atoms with van der Waals surface area (Å²) in [6.45, 7) is 0. The maximum absolute atomic E-state index is 12.6. The molecule has 2 N–H and O–H groups in total. The highest BCUT2D eigenvalue weighted by atomic mass is 32.2. The summed E-state index contributed by atoms with van der Waals surface area (Å²) in [4.78, 5) is 0.0722. The van der Waals surface area contributed by atoms with Crippen LogP contribution in [0, 0.1) is 0 Å². The molecule has 0 unspecified atom stereocenters. The number of fused-ring (bicyclic) bond motifs is 1. The number of para-hydroxylation sites is 1. The van der Waals surface area contributed by atoms with Crippen molar-refractivity contribution in [1.82, 2.24) is 0 Å². The van der Waals surface area contributed by atoms with Crippen LogP contribution in [-0.4, -0.2) is 24.9 Å². The zero-order chi connectivity index (χ0) is 14.3. The van der Waals surface area contributed by atoms with Crippen LogP contribution in [0.5, 0.6) is 0 Å². The van der Waals surface area contributed by atoms with E-state index in [2.05, 4.69) is 0 Å². The molecule has 0 aromatic heterocycles. The first-order chi connectivity index (χ1) is 9.53. The molecule has 0 amide bonds. The molecule has 1 aliphatic rings. The lowest BCUT2D eigenvalue weighted by molar-refractivity contribution is 0.0375. The van der Waals surface area contributed by atoms with Crippen LogP contribution in [0.1, 0.15) is 11.7 Å². The van der Waals surface area contributed by atoms with Crippen LogP contribution in [0.2, 0.25) is 0 Å². The molecule has 0 bridgehead atoms. The minimum Gasteiger partial charge on any atom is -0.384 e. The Balaban J connectivity index is 2.16. The number of aliphatic hydroxyl groups is 2. The van der Waals surface area contributed by atoms with Gasteiger partial charge in [-0.2, -0.15) is 0 Å². The van der Waals surface area contributed by atoms with E-state index in [1.54, 1.807) is 42.5 Å². The molecule has 5 nitrogen and oxygen atoms in total. The minimum absolute atomic E-state index is 0.0722. The van der Waals surface area contributed by atoms with Gasteiger partial charge in [-0.1, -0.05) is 36.4 Å². The average molecular weight is 291 g/mol. The maximum Gasteiger partial charge on any atom is 0.266 e. The molecular formula is C14H13NO4S. The molecule has 0 spiro atoms. The summed E-state index contributed by atoms with van der Waals surface area (Å²) >= 11 is 0. The van der Waals surface area contributed by atoms with Gasteiger partial charge >= 0.3 is 0 Å². The number of hydrogen-bond acceptors (Lipinski definition) is 4. The van der Waals surface area contributed by atoms with E-state index in [9.17, 15) is 18.6 Å². The number of sulfonamides is 1. The molecule has 3 rings (SSSR count). The van der Waals surface area contributed by atoms with Crippen molar-refractivity contribution in [2.75, 3.05) is 4.31 Å². The molecule has 0 aliphatic carbocycles. The maximum atomic E-state index is 12.6. The molecule has 0 saturated carbocycles. The smallest absolute Gasteiger partial charge is 0.266 e. The first kappa shape index (κ1) is 13.1. The van der Waals surface area contributed by atoms with Gasteiger partial charge in [-0.05, 0) is 18.2 Å². The summed E-state index contributed by atoms with van der Waals surface area (Å²) in [6, 6.07) is 14.4. The topological polar surface area (TPSA) is 77.8 Å². The Labute approximate surface area is 116 Å². The molecule has 20 heavy (non-hydrogen) atoms. The van der Waals surface area contributed by atoms with E-state index in [0.717, 1.165) is 4.31 Å². The van der Waals surface area contributed by atoms with Gasteiger partial charge in [0, 0.05) is 5.56 Å². The van der Waals surface area contributed by atoms with Crippen LogP contribution in [-0.2, 0) is 10.0 Å². The van der Waals surface area contributed by atoms with Crippen molar-refractivity contribution in [2.24, 2.45) is 0 Å². The normalized spacial score (nSPS) is 21.8. The predicted molar refractivity (Wildman–Crippen MR) is 73.5 cm³/mol. The molecular weight excluding hydrogens is 278 g/mol. The molecule has 104 valence electrons. The lowest BCUT2D eigenvalue weighted by atomic mass is 10.1. The molecule has 0 fully saturated rings. The van der Waals surface area contributed by atoms with Crippen molar-refractivity contribution in [3.05, 3.63) is 60.2 Å². The fraction of sp³-hybridized carbons (Fsp3) is 0.143. The lowest BCUT2D eigenvalue weighted by Crippen LogP contribution is -2.39. The number of hydrogen-bond donors (Lipinski definition) is 2. The van der Waals surface area contributed by atoms with Gasteiger partial charge < -0.3 is 10.2 Å². The number of anilines is 1. The summed E-state index contributed by atoms with van der Waals surface area (Å²) in [7, 11) is -3.91. The Kier molecular flexibility index (Phi) is 3.01. The van der Waals surface area contributed by atoms with Crippen LogP contribution >= 0.6 is 0 Å². The third-order valence-corrected chi connectivity index (χ3v) is 5.11. The highest BCUT2D eigenvalue weighted by Crippen LogP contribution is 2.41. The average Bonchev–Trinajstić information content (AvgIpc) is 2.73. The van der Waals surface area contributed by atoms with E-state index < -0.39 is 22.4 Å². The first-order valence-electron chi connectivity index (χ1n) is 6.08.